The van der Waals surface area contributed by atoms with Gasteiger partial charge in [0.15, 0.2) is 0 Å². The Bertz CT molecular complexity index is 683. The number of fused-ring (bicyclic) bond motifs is 1. The Morgan fingerprint density at radius 2 is 2.14 bits per heavy atom. The fraction of sp³-hybridized carbons (Fsp3) is 0.333. The van der Waals surface area contributed by atoms with E-state index in [0.717, 1.165) is 10.1 Å². The first-order chi connectivity index (χ1) is 10.5. The van der Waals surface area contributed by atoms with Gasteiger partial charge in [-0.2, -0.15) is 0 Å². The van der Waals surface area contributed by atoms with Crippen molar-refractivity contribution in [3.63, 3.8) is 0 Å². The van der Waals surface area contributed by atoms with Gasteiger partial charge < -0.3 is 20.5 Å². The molecule has 2 aromatic rings. The number of hydrogen-bond donors (Lipinski definition) is 3. The smallest absolute Gasteiger partial charge is 0.348 e. The Morgan fingerprint density at radius 1 is 1.36 bits per heavy atom. The molecule has 0 aliphatic carbocycles. The number of aliphatic hydroxyl groups excluding tert-OH is 1. The Balaban J connectivity index is 2.13. The predicted molar refractivity (Wildman–Crippen MR) is 86.5 cm³/mol. The van der Waals surface area contributed by atoms with Gasteiger partial charge in [0.1, 0.15) is 4.88 Å². The van der Waals surface area contributed by atoms with Gasteiger partial charge in [0.05, 0.1) is 19.3 Å². The van der Waals surface area contributed by atoms with Crippen molar-refractivity contribution in [1.29, 1.82) is 0 Å². The molecule has 2 amide bonds. The lowest BCUT2D eigenvalue weighted by molar-refractivity contribution is 0.0532. The quantitative estimate of drug-likeness (QED) is 0.738. The molecule has 0 unspecified atom stereocenters. The predicted octanol–water partition coefficient (Wildman–Crippen LogP) is 2.58. The lowest BCUT2D eigenvalue weighted by Gasteiger charge is -2.11. The number of carbonyl (C=O) groups is 2. The molecule has 3 N–H and O–H groups in total. The third kappa shape index (κ3) is 3.96. The molecule has 0 aliphatic heterocycles. The molecule has 0 bridgehead atoms. The number of amides is 2. The number of anilines is 1. The minimum absolute atomic E-state index is 0.125. The van der Waals surface area contributed by atoms with Crippen molar-refractivity contribution in [3.8, 4) is 0 Å². The molecule has 6 nitrogen and oxygen atoms in total. The third-order valence-corrected chi connectivity index (χ3v) is 4.00. The zero-order valence-corrected chi connectivity index (χ0v) is 13.2. The van der Waals surface area contributed by atoms with E-state index in [1.807, 2.05) is 6.07 Å². The number of rotatable bonds is 5. The maximum absolute atomic E-state index is 11.7. The molecule has 1 heterocycles. The number of thiophene rings is 1. The normalized spacial score (nSPS) is 12.0. The fourth-order valence-electron chi connectivity index (χ4n) is 1.86. The molecule has 22 heavy (non-hydrogen) atoms. The van der Waals surface area contributed by atoms with Gasteiger partial charge in [-0.1, -0.05) is 0 Å². The Labute approximate surface area is 132 Å². The average molecular weight is 322 g/mol. The van der Waals surface area contributed by atoms with Crippen molar-refractivity contribution in [2.45, 2.75) is 19.9 Å². The highest BCUT2D eigenvalue weighted by molar-refractivity contribution is 7.20. The highest BCUT2D eigenvalue weighted by Crippen LogP contribution is 2.28. The van der Waals surface area contributed by atoms with Gasteiger partial charge in [-0.15, -0.1) is 11.3 Å². The van der Waals surface area contributed by atoms with Crippen LogP contribution >= 0.6 is 11.3 Å². The number of aliphatic hydroxyl groups is 1. The summed E-state index contributed by atoms with van der Waals surface area (Å²) >= 11 is 1.35. The van der Waals surface area contributed by atoms with Crippen LogP contribution in [0.4, 0.5) is 10.5 Å². The number of urea groups is 1. The Morgan fingerprint density at radius 3 is 2.82 bits per heavy atom. The van der Waals surface area contributed by atoms with E-state index in [1.54, 1.807) is 32.0 Å². The third-order valence-electron chi connectivity index (χ3n) is 2.90. The molecule has 0 spiro atoms. The molecule has 118 valence electrons. The van der Waals surface area contributed by atoms with Gasteiger partial charge in [0.2, 0.25) is 0 Å². The molecule has 1 aromatic carbocycles. The summed E-state index contributed by atoms with van der Waals surface area (Å²) in [5.74, 6) is -0.340. The zero-order valence-electron chi connectivity index (χ0n) is 12.4. The second-order valence-corrected chi connectivity index (χ2v) is 5.85. The second kappa shape index (κ2) is 7.24. The van der Waals surface area contributed by atoms with Crippen LogP contribution < -0.4 is 10.6 Å². The molecule has 0 aliphatic rings. The van der Waals surface area contributed by atoms with Crippen LogP contribution in [0.25, 0.3) is 10.1 Å². The van der Waals surface area contributed by atoms with Gasteiger partial charge in [-0.05, 0) is 43.5 Å². The van der Waals surface area contributed by atoms with Crippen molar-refractivity contribution >= 4 is 39.1 Å². The van der Waals surface area contributed by atoms with Crippen molar-refractivity contribution in [2.75, 3.05) is 18.5 Å². The van der Waals surface area contributed by atoms with Crippen LogP contribution in [0.3, 0.4) is 0 Å². The van der Waals surface area contributed by atoms with Gasteiger partial charge >= 0.3 is 12.0 Å². The molecule has 0 saturated carbocycles. The standard InChI is InChI=1S/C15H18N2O4S/c1-3-21-14(19)13-7-10-6-11(4-5-12(10)22-13)17-15(20)16-9(2)8-18/h4-7,9,18H,3,8H2,1-2H3,(H2,16,17,20)/t9-/m0/s1. The number of esters is 1. The summed E-state index contributed by atoms with van der Waals surface area (Å²) in [5.41, 5.74) is 0.614. The Hall–Kier alpha value is -2.12. The lowest BCUT2D eigenvalue weighted by Crippen LogP contribution is -2.38. The first-order valence-corrected chi connectivity index (χ1v) is 7.74. The van der Waals surface area contributed by atoms with Crippen LogP contribution in [0.2, 0.25) is 0 Å². The van der Waals surface area contributed by atoms with E-state index >= 15 is 0 Å². The van der Waals surface area contributed by atoms with Crippen LogP contribution in [0.15, 0.2) is 24.3 Å². The number of ether oxygens (including phenoxy) is 1. The van der Waals surface area contributed by atoms with Crippen molar-refractivity contribution in [3.05, 3.63) is 29.1 Å². The van der Waals surface area contributed by atoms with E-state index in [1.165, 1.54) is 11.3 Å². The molecule has 1 aromatic heterocycles. The first-order valence-electron chi connectivity index (χ1n) is 6.92. The molecule has 1 atom stereocenters. The van der Waals surface area contributed by atoms with Crippen molar-refractivity contribution < 1.29 is 19.4 Å². The van der Waals surface area contributed by atoms with Gasteiger partial charge in [-0.25, -0.2) is 9.59 Å². The van der Waals surface area contributed by atoms with Crippen molar-refractivity contribution in [2.24, 2.45) is 0 Å². The molecular weight excluding hydrogens is 304 g/mol. The van der Waals surface area contributed by atoms with Crippen LogP contribution in [-0.4, -0.2) is 36.4 Å². The number of nitrogens with one attached hydrogen (secondary N) is 2. The van der Waals surface area contributed by atoms with Gasteiger partial charge in [0.25, 0.3) is 0 Å². The number of hydrogen-bond acceptors (Lipinski definition) is 5. The molecule has 2 rings (SSSR count). The van der Waals surface area contributed by atoms with Gasteiger partial charge in [0, 0.05) is 10.4 Å². The zero-order chi connectivity index (χ0) is 16.1. The molecule has 7 heteroatoms. The summed E-state index contributed by atoms with van der Waals surface area (Å²) in [4.78, 5) is 24.0. The fourth-order valence-corrected chi connectivity index (χ4v) is 2.80. The summed E-state index contributed by atoms with van der Waals surface area (Å²) in [5, 5.41) is 15.1. The van der Waals surface area contributed by atoms with Crippen molar-refractivity contribution in [1.82, 2.24) is 5.32 Å². The molecule has 0 saturated heterocycles. The minimum Gasteiger partial charge on any atom is -0.462 e. The van der Waals surface area contributed by atoms with Crippen LogP contribution in [0.5, 0.6) is 0 Å². The van der Waals surface area contributed by atoms with E-state index in [0.29, 0.717) is 17.2 Å². The van der Waals surface area contributed by atoms with Crippen LogP contribution in [0.1, 0.15) is 23.5 Å². The van der Waals surface area contributed by atoms with E-state index < -0.39 is 0 Å². The molecule has 0 radical (unpaired) electrons. The van der Waals surface area contributed by atoms with E-state index in [2.05, 4.69) is 10.6 Å². The molecule has 0 fully saturated rings. The molecular formula is C15H18N2O4S. The summed E-state index contributed by atoms with van der Waals surface area (Å²) in [6.45, 7) is 3.68. The highest BCUT2D eigenvalue weighted by atomic mass is 32.1. The van der Waals surface area contributed by atoms with E-state index in [9.17, 15) is 9.59 Å². The summed E-state index contributed by atoms with van der Waals surface area (Å²) in [6.07, 6.45) is 0. The summed E-state index contributed by atoms with van der Waals surface area (Å²) in [6, 6.07) is 6.43. The maximum Gasteiger partial charge on any atom is 0.348 e. The summed E-state index contributed by atoms with van der Waals surface area (Å²) in [7, 11) is 0. The summed E-state index contributed by atoms with van der Waals surface area (Å²) < 4.78 is 5.92. The minimum atomic E-state index is -0.387. The average Bonchev–Trinajstić information content (AvgIpc) is 2.90. The van der Waals surface area contributed by atoms with E-state index in [-0.39, 0.29) is 24.6 Å². The first kappa shape index (κ1) is 16.3. The largest absolute Gasteiger partial charge is 0.462 e. The van der Waals surface area contributed by atoms with Crippen LogP contribution in [0, 0.1) is 0 Å². The SMILES string of the molecule is CCOC(=O)c1cc2cc(NC(=O)N[C@@H](C)CO)ccc2s1. The topological polar surface area (TPSA) is 87.7 Å². The maximum atomic E-state index is 11.7. The highest BCUT2D eigenvalue weighted by Gasteiger charge is 2.12. The van der Waals surface area contributed by atoms with Gasteiger partial charge in [-0.3, -0.25) is 0 Å². The van der Waals surface area contributed by atoms with E-state index in [4.69, 9.17) is 9.84 Å². The Kier molecular flexibility index (Phi) is 5.35. The number of benzene rings is 1. The lowest BCUT2D eigenvalue weighted by atomic mass is 10.2. The van der Waals surface area contributed by atoms with Crippen LogP contribution in [-0.2, 0) is 4.74 Å². The second-order valence-electron chi connectivity index (χ2n) is 4.77. The number of carbonyl (C=O) groups excluding carboxylic acids is 2. The monoisotopic (exact) mass is 322 g/mol.